The molecule has 0 aromatic heterocycles. The minimum atomic E-state index is -4.95. The highest BCUT2D eigenvalue weighted by Gasteiger charge is 2.30. The predicted octanol–water partition coefficient (Wildman–Crippen LogP) is 19.7. The summed E-state index contributed by atoms with van der Waals surface area (Å²) in [6.07, 6.45) is 48.4. The lowest BCUT2D eigenvalue weighted by Crippen LogP contribution is -2.30. The number of rotatable bonds is 69. The standard InChI is InChI=1S/C69H134O17P2/c1-6-9-12-15-18-21-24-26-28-33-38-43-48-53-67(72)80-59-64(85-68(73)54-49-44-39-34-29-27-25-22-19-16-13-10-7-2)60-83-87(75,76)81-56-63(70)57-82-88(77,78)84-61-65(58-79-66(71)52-47-42-37-32-23-20-17-14-11-8-3)86-69(74)55-50-45-40-35-30-31-36-41-46-51-62(4)5/h62-65,70H,6-61H2,1-5H3,(H,75,76)(H,77,78)/t63-,64-,65-/m1/s1. The first kappa shape index (κ1) is 86.1. The van der Waals surface area contributed by atoms with E-state index >= 15 is 0 Å². The molecule has 0 heterocycles. The fourth-order valence-corrected chi connectivity index (χ4v) is 12.0. The highest BCUT2D eigenvalue weighted by atomic mass is 31.2. The quantitative estimate of drug-likeness (QED) is 0.0222. The lowest BCUT2D eigenvalue weighted by molar-refractivity contribution is -0.161. The summed E-state index contributed by atoms with van der Waals surface area (Å²) in [6.45, 7) is 7.21. The van der Waals surface area contributed by atoms with Crippen LogP contribution in [-0.4, -0.2) is 96.7 Å². The third kappa shape index (κ3) is 62.8. The van der Waals surface area contributed by atoms with Crippen LogP contribution in [-0.2, 0) is 65.4 Å². The molecule has 5 atom stereocenters. The molecule has 0 aliphatic heterocycles. The maximum absolute atomic E-state index is 13.0. The number of phosphoric ester groups is 2. The molecule has 3 N–H and O–H groups in total. The first-order valence-electron chi connectivity index (χ1n) is 36.1. The number of aliphatic hydroxyl groups is 1. The van der Waals surface area contributed by atoms with Crippen LogP contribution in [0.3, 0.4) is 0 Å². The van der Waals surface area contributed by atoms with Crippen LogP contribution in [0.4, 0.5) is 0 Å². The molecule has 0 spiro atoms. The minimum absolute atomic E-state index is 0.106. The molecule has 19 heteroatoms. The maximum atomic E-state index is 13.0. The average molecular weight is 1300 g/mol. The summed E-state index contributed by atoms with van der Waals surface area (Å²) >= 11 is 0. The van der Waals surface area contributed by atoms with Gasteiger partial charge in [-0.15, -0.1) is 0 Å². The van der Waals surface area contributed by atoms with Gasteiger partial charge in [0.1, 0.15) is 19.3 Å². The molecule has 0 saturated carbocycles. The fourth-order valence-electron chi connectivity index (χ4n) is 10.5. The van der Waals surface area contributed by atoms with Crippen molar-refractivity contribution in [2.75, 3.05) is 39.6 Å². The van der Waals surface area contributed by atoms with Crippen molar-refractivity contribution >= 4 is 39.5 Å². The third-order valence-electron chi connectivity index (χ3n) is 16.0. The highest BCUT2D eigenvalue weighted by molar-refractivity contribution is 7.47. The molecule has 0 rings (SSSR count). The van der Waals surface area contributed by atoms with Gasteiger partial charge in [0.2, 0.25) is 0 Å². The van der Waals surface area contributed by atoms with Crippen LogP contribution in [0, 0.1) is 5.92 Å². The summed E-state index contributed by atoms with van der Waals surface area (Å²) in [5.41, 5.74) is 0. The molecule has 0 aromatic rings. The van der Waals surface area contributed by atoms with Crippen LogP contribution in [0.15, 0.2) is 0 Å². The Hall–Kier alpha value is -1.94. The average Bonchev–Trinajstić information content (AvgIpc) is 3.55. The molecule has 0 saturated heterocycles. The first-order chi connectivity index (χ1) is 42.5. The summed E-state index contributed by atoms with van der Waals surface area (Å²) in [5, 5.41) is 10.6. The molecule has 0 amide bonds. The van der Waals surface area contributed by atoms with E-state index in [-0.39, 0.29) is 25.7 Å². The van der Waals surface area contributed by atoms with Gasteiger partial charge < -0.3 is 33.8 Å². The zero-order chi connectivity index (χ0) is 64.9. The van der Waals surface area contributed by atoms with Gasteiger partial charge in [0.25, 0.3) is 0 Å². The monoisotopic (exact) mass is 1300 g/mol. The Kier molecular flexibility index (Phi) is 61.1. The molecule has 88 heavy (non-hydrogen) atoms. The summed E-state index contributed by atoms with van der Waals surface area (Å²) in [7, 11) is -9.90. The molecular weight excluding hydrogens is 1160 g/mol. The van der Waals surface area contributed by atoms with Gasteiger partial charge in [-0.2, -0.15) is 0 Å². The van der Waals surface area contributed by atoms with Crippen molar-refractivity contribution in [3.05, 3.63) is 0 Å². The van der Waals surface area contributed by atoms with Crippen molar-refractivity contribution in [2.24, 2.45) is 5.92 Å². The first-order valence-corrected chi connectivity index (χ1v) is 39.1. The number of hydrogen-bond acceptors (Lipinski definition) is 15. The van der Waals surface area contributed by atoms with Gasteiger partial charge in [-0.25, -0.2) is 9.13 Å². The van der Waals surface area contributed by atoms with E-state index in [0.29, 0.717) is 25.7 Å². The zero-order valence-corrected chi connectivity index (χ0v) is 58.6. The lowest BCUT2D eigenvalue weighted by atomic mass is 10.0. The second-order valence-corrected chi connectivity index (χ2v) is 28.3. The Balaban J connectivity index is 5.25. The number of phosphoric acid groups is 2. The van der Waals surface area contributed by atoms with E-state index in [1.54, 1.807) is 0 Å². The van der Waals surface area contributed by atoms with Gasteiger partial charge in [0, 0.05) is 25.7 Å². The van der Waals surface area contributed by atoms with Crippen molar-refractivity contribution < 1.29 is 80.2 Å². The Morgan fingerprint density at radius 2 is 0.523 bits per heavy atom. The number of carbonyl (C=O) groups excluding carboxylic acids is 4. The van der Waals surface area contributed by atoms with E-state index in [2.05, 4.69) is 34.6 Å². The molecule has 0 aliphatic rings. The number of ether oxygens (including phenoxy) is 4. The summed E-state index contributed by atoms with van der Waals surface area (Å²) in [6, 6.07) is 0. The molecule has 0 radical (unpaired) electrons. The van der Waals surface area contributed by atoms with Crippen molar-refractivity contribution in [3.63, 3.8) is 0 Å². The maximum Gasteiger partial charge on any atom is 0.472 e. The molecular formula is C69H134O17P2. The molecule has 0 fully saturated rings. The Morgan fingerprint density at radius 3 is 0.773 bits per heavy atom. The third-order valence-corrected chi connectivity index (χ3v) is 17.9. The largest absolute Gasteiger partial charge is 0.472 e. The predicted molar refractivity (Wildman–Crippen MR) is 354 cm³/mol. The van der Waals surface area contributed by atoms with Crippen molar-refractivity contribution in [1.29, 1.82) is 0 Å². The molecule has 17 nitrogen and oxygen atoms in total. The summed E-state index contributed by atoms with van der Waals surface area (Å²) in [5.74, 6) is -1.39. The molecule has 522 valence electrons. The van der Waals surface area contributed by atoms with E-state index in [1.807, 2.05) is 0 Å². The Morgan fingerprint density at radius 1 is 0.307 bits per heavy atom. The van der Waals surface area contributed by atoms with Gasteiger partial charge in [-0.05, 0) is 31.6 Å². The second-order valence-electron chi connectivity index (χ2n) is 25.4. The van der Waals surface area contributed by atoms with Gasteiger partial charge in [-0.3, -0.25) is 37.3 Å². The number of esters is 4. The van der Waals surface area contributed by atoms with Crippen molar-refractivity contribution in [2.45, 2.75) is 374 Å². The van der Waals surface area contributed by atoms with Crippen molar-refractivity contribution in [3.8, 4) is 0 Å². The smallest absolute Gasteiger partial charge is 0.462 e. The van der Waals surface area contributed by atoms with Gasteiger partial charge in [-0.1, -0.05) is 304 Å². The molecule has 0 bridgehead atoms. The van der Waals surface area contributed by atoms with Gasteiger partial charge >= 0.3 is 39.5 Å². The number of hydrogen-bond donors (Lipinski definition) is 3. The SMILES string of the molecule is CCCCCCCCCCCCCCCC(=O)OC[C@H](COP(=O)(O)OC[C@@H](O)COP(=O)(O)OC[C@@H](COC(=O)CCCCCCCCCCCC)OC(=O)CCCCCCCCCCCC(C)C)OC(=O)CCCCCCCCCCCCCCC. The molecule has 2 unspecified atom stereocenters. The van der Waals surface area contributed by atoms with Crippen LogP contribution >= 0.6 is 15.6 Å². The van der Waals surface area contributed by atoms with Crippen LogP contribution in [0.2, 0.25) is 0 Å². The highest BCUT2D eigenvalue weighted by Crippen LogP contribution is 2.45. The van der Waals surface area contributed by atoms with E-state index in [0.717, 1.165) is 95.8 Å². The van der Waals surface area contributed by atoms with Gasteiger partial charge in [0.05, 0.1) is 26.4 Å². The van der Waals surface area contributed by atoms with Crippen LogP contribution < -0.4 is 0 Å². The van der Waals surface area contributed by atoms with E-state index in [4.69, 9.17) is 37.0 Å². The van der Waals surface area contributed by atoms with E-state index in [9.17, 15) is 43.2 Å². The zero-order valence-electron chi connectivity index (χ0n) is 56.9. The number of unbranched alkanes of at least 4 members (excludes halogenated alkanes) is 41. The summed E-state index contributed by atoms with van der Waals surface area (Å²) < 4.78 is 68.2. The van der Waals surface area contributed by atoms with Crippen molar-refractivity contribution in [1.82, 2.24) is 0 Å². The van der Waals surface area contributed by atoms with E-state index < -0.39 is 97.5 Å². The van der Waals surface area contributed by atoms with Crippen LogP contribution in [0.1, 0.15) is 356 Å². The Labute approximate surface area is 537 Å². The minimum Gasteiger partial charge on any atom is -0.462 e. The second kappa shape index (κ2) is 62.5. The van der Waals surface area contributed by atoms with E-state index in [1.165, 1.54) is 180 Å². The normalized spacial score (nSPS) is 14.1. The number of carbonyl (C=O) groups is 4. The topological polar surface area (TPSA) is 237 Å². The number of aliphatic hydroxyl groups excluding tert-OH is 1. The lowest BCUT2D eigenvalue weighted by Gasteiger charge is -2.21. The summed E-state index contributed by atoms with van der Waals surface area (Å²) in [4.78, 5) is 72.5. The van der Waals surface area contributed by atoms with Crippen LogP contribution in [0.25, 0.3) is 0 Å². The van der Waals surface area contributed by atoms with Gasteiger partial charge in [0.15, 0.2) is 12.2 Å². The fraction of sp³-hybridized carbons (Fsp3) is 0.942. The molecule has 0 aromatic carbocycles. The molecule has 0 aliphatic carbocycles. The van der Waals surface area contributed by atoms with Crippen LogP contribution in [0.5, 0.6) is 0 Å². The Bertz CT molecular complexity index is 1700.